The lowest BCUT2D eigenvalue weighted by Gasteiger charge is -2.06. The fourth-order valence-electron chi connectivity index (χ4n) is 1.51. The molecule has 0 bridgehead atoms. The van der Waals surface area contributed by atoms with Gasteiger partial charge in [0.25, 0.3) is 0 Å². The van der Waals surface area contributed by atoms with Crippen LogP contribution in [0, 0.1) is 0 Å². The number of nitrogens with zero attached hydrogens (tertiary/aromatic N) is 2. The molecule has 1 aromatic heterocycles. The van der Waals surface area contributed by atoms with Crippen LogP contribution in [0.4, 0.5) is 0 Å². The van der Waals surface area contributed by atoms with E-state index in [4.69, 9.17) is 9.47 Å². The van der Waals surface area contributed by atoms with E-state index in [1.54, 1.807) is 13.3 Å². The Morgan fingerprint density at radius 2 is 2.00 bits per heavy atom. The van der Waals surface area contributed by atoms with E-state index < -0.39 is 0 Å². The predicted octanol–water partition coefficient (Wildman–Crippen LogP) is 1.96. The van der Waals surface area contributed by atoms with Gasteiger partial charge in [-0.3, -0.25) is 4.68 Å². The molecule has 4 heteroatoms. The lowest BCUT2D eigenvalue weighted by molar-refractivity contribution is 0.146. The van der Waals surface area contributed by atoms with Gasteiger partial charge in [0.2, 0.25) is 0 Å². The largest absolute Gasteiger partial charge is 0.491 e. The van der Waals surface area contributed by atoms with E-state index in [0.717, 1.165) is 12.3 Å². The van der Waals surface area contributed by atoms with Gasteiger partial charge in [-0.15, -0.1) is 0 Å². The second kappa shape index (κ2) is 6.06. The Kier molecular flexibility index (Phi) is 4.16. The third-order valence-corrected chi connectivity index (χ3v) is 2.38. The highest BCUT2D eigenvalue weighted by Gasteiger charge is 1.97. The molecule has 0 saturated carbocycles. The normalized spacial score (nSPS) is 10.4. The van der Waals surface area contributed by atoms with Crippen molar-refractivity contribution in [3.8, 4) is 5.75 Å². The molecule has 0 atom stereocenters. The maximum atomic E-state index is 5.49. The average molecular weight is 232 g/mol. The van der Waals surface area contributed by atoms with Gasteiger partial charge in [-0.2, -0.15) is 5.10 Å². The third kappa shape index (κ3) is 3.60. The van der Waals surface area contributed by atoms with Crippen molar-refractivity contribution in [3.05, 3.63) is 48.3 Å². The van der Waals surface area contributed by atoms with Crippen LogP contribution in [0.5, 0.6) is 5.75 Å². The van der Waals surface area contributed by atoms with Gasteiger partial charge in [-0.1, -0.05) is 12.1 Å². The van der Waals surface area contributed by atoms with Gasteiger partial charge < -0.3 is 9.47 Å². The number of aromatic nitrogens is 2. The van der Waals surface area contributed by atoms with Crippen molar-refractivity contribution >= 4 is 0 Å². The van der Waals surface area contributed by atoms with E-state index in [9.17, 15) is 0 Å². The van der Waals surface area contributed by atoms with Crippen LogP contribution >= 0.6 is 0 Å². The first-order valence-electron chi connectivity index (χ1n) is 5.56. The number of ether oxygens (including phenoxy) is 2. The minimum atomic E-state index is 0.578. The van der Waals surface area contributed by atoms with Crippen molar-refractivity contribution in [2.75, 3.05) is 20.3 Å². The summed E-state index contributed by atoms with van der Waals surface area (Å²) in [5.74, 6) is 0.867. The Morgan fingerprint density at radius 1 is 1.18 bits per heavy atom. The summed E-state index contributed by atoms with van der Waals surface area (Å²) in [5.41, 5.74) is 1.20. The fourth-order valence-corrected chi connectivity index (χ4v) is 1.51. The Bertz CT molecular complexity index is 423. The molecule has 1 aromatic carbocycles. The molecule has 0 spiro atoms. The fraction of sp³-hybridized carbons (Fsp3) is 0.308. The van der Waals surface area contributed by atoms with Crippen molar-refractivity contribution in [3.63, 3.8) is 0 Å². The van der Waals surface area contributed by atoms with Gasteiger partial charge in [-0.25, -0.2) is 0 Å². The van der Waals surface area contributed by atoms with Gasteiger partial charge in [-0.05, 0) is 23.8 Å². The van der Waals surface area contributed by atoms with Crippen LogP contribution < -0.4 is 4.74 Å². The monoisotopic (exact) mass is 232 g/mol. The molecule has 0 aliphatic heterocycles. The number of methoxy groups -OCH3 is 1. The van der Waals surface area contributed by atoms with Crippen molar-refractivity contribution in [2.45, 2.75) is 6.54 Å². The molecule has 0 fully saturated rings. The van der Waals surface area contributed by atoms with Gasteiger partial charge in [0.15, 0.2) is 0 Å². The second-order valence-electron chi connectivity index (χ2n) is 3.69. The highest BCUT2D eigenvalue weighted by atomic mass is 16.5. The van der Waals surface area contributed by atoms with Crippen LogP contribution in [-0.2, 0) is 11.3 Å². The molecule has 0 amide bonds. The summed E-state index contributed by atoms with van der Waals surface area (Å²) >= 11 is 0. The molecule has 2 aromatic rings. The molecule has 0 N–H and O–H groups in total. The van der Waals surface area contributed by atoms with E-state index in [2.05, 4.69) is 5.10 Å². The zero-order chi connectivity index (χ0) is 11.9. The summed E-state index contributed by atoms with van der Waals surface area (Å²) in [6.07, 6.45) is 3.73. The van der Waals surface area contributed by atoms with Crippen molar-refractivity contribution in [1.82, 2.24) is 9.78 Å². The molecule has 4 nitrogen and oxygen atoms in total. The SMILES string of the molecule is COCCOc1ccc(Cn2cccn2)cc1. The molecule has 0 aliphatic rings. The summed E-state index contributed by atoms with van der Waals surface area (Å²) in [7, 11) is 1.66. The van der Waals surface area contributed by atoms with Crippen LogP contribution in [0.25, 0.3) is 0 Å². The van der Waals surface area contributed by atoms with Crippen LogP contribution in [0.1, 0.15) is 5.56 Å². The standard InChI is InChI=1S/C13H16N2O2/c1-16-9-10-17-13-5-3-12(4-6-13)11-15-8-2-7-14-15/h2-8H,9-11H2,1H3. The molecule has 2 rings (SSSR count). The van der Waals surface area contributed by atoms with Gasteiger partial charge in [0.1, 0.15) is 12.4 Å². The van der Waals surface area contributed by atoms with Crippen LogP contribution in [0.2, 0.25) is 0 Å². The van der Waals surface area contributed by atoms with E-state index in [0.29, 0.717) is 13.2 Å². The van der Waals surface area contributed by atoms with Crippen LogP contribution in [-0.4, -0.2) is 30.1 Å². The van der Waals surface area contributed by atoms with Crippen LogP contribution in [0.3, 0.4) is 0 Å². The molecule has 0 unspecified atom stereocenters. The highest BCUT2D eigenvalue weighted by Crippen LogP contribution is 2.12. The zero-order valence-electron chi connectivity index (χ0n) is 9.87. The maximum absolute atomic E-state index is 5.49. The van der Waals surface area contributed by atoms with Crippen LogP contribution in [0.15, 0.2) is 42.7 Å². The Labute approximate surface area is 101 Å². The highest BCUT2D eigenvalue weighted by molar-refractivity contribution is 5.27. The van der Waals surface area contributed by atoms with Gasteiger partial charge >= 0.3 is 0 Å². The average Bonchev–Trinajstić information content (AvgIpc) is 2.85. The lowest BCUT2D eigenvalue weighted by atomic mass is 10.2. The number of rotatable bonds is 6. The number of hydrogen-bond acceptors (Lipinski definition) is 3. The molecule has 1 heterocycles. The third-order valence-electron chi connectivity index (χ3n) is 2.38. The summed E-state index contributed by atoms with van der Waals surface area (Å²) in [6, 6.07) is 9.94. The molecule has 90 valence electrons. The lowest BCUT2D eigenvalue weighted by Crippen LogP contribution is -2.04. The van der Waals surface area contributed by atoms with E-state index >= 15 is 0 Å². The van der Waals surface area contributed by atoms with Gasteiger partial charge in [0, 0.05) is 19.5 Å². The first kappa shape index (κ1) is 11.7. The van der Waals surface area contributed by atoms with Gasteiger partial charge in [0.05, 0.1) is 13.2 Å². The topological polar surface area (TPSA) is 36.3 Å². The molecule has 0 aliphatic carbocycles. The number of hydrogen-bond donors (Lipinski definition) is 0. The zero-order valence-corrected chi connectivity index (χ0v) is 9.87. The Morgan fingerprint density at radius 3 is 2.65 bits per heavy atom. The number of benzene rings is 1. The molecular formula is C13H16N2O2. The first-order chi connectivity index (χ1) is 8.38. The molecule has 0 saturated heterocycles. The molecular weight excluding hydrogens is 216 g/mol. The minimum Gasteiger partial charge on any atom is -0.491 e. The van der Waals surface area contributed by atoms with Crippen molar-refractivity contribution in [2.24, 2.45) is 0 Å². The first-order valence-corrected chi connectivity index (χ1v) is 5.56. The second-order valence-corrected chi connectivity index (χ2v) is 3.69. The van der Waals surface area contributed by atoms with E-state index in [1.807, 2.05) is 41.2 Å². The van der Waals surface area contributed by atoms with Crippen molar-refractivity contribution in [1.29, 1.82) is 0 Å². The predicted molar refractivity (Wildman–Crippen MR) is 65.1 cm³/mol. The Balaban J connectivity index is 1.89. The summed E-state index contributed by atoms with van der Waals surface area (Å²) in [5, 5.41) is 4.16. The smallest absolute Gasteiger partial charge is 0.119 e. The molecule has 0 radical (unpaired) electrons. The van der Waals surface area contributed by atoms with Crippen molar-refractivity contribution < 1.29 is 9.47 Å². The van der Waals surface area contributed by atoms with E-state index in [1.165, 1.54) is 5.56 Å². The van der Waals surface area contributed by atoms with E-state index in [-0.39, 0.29) is 0 Å². The molecule has 17 heavy (non-hydrogen) atoms. The summed E-state index contributed by atoms with van der Waals surface area (Å²) in [6.45, 7) is 1.97. The quantitative estimate of drug-likeness (QED) is 0.714. The maximum Gasteiger partial charge on any atom is 0.119 e. The Hall–Kier alpha value is -1.81. The minimum absolute atomic E-state index is 0.578. The summed E-state index contributed by atoms with van der Waals surface area (Å²) in [4.78, 5) is 0. The summed E-state index contributed by atoms with van der Waals surface area (Å²) < 4.78 is 12.3.